The van der Waals surface area contributed by atoms with Crippen molar-refractivity contribution in [1.82, 2.24) is 30.6 Å². The third-order valence-electron chi connectivity index (χ3n) is 4.29. The Balaban J connectivity index is 0.00000280. The van der Waals surface area contributed by atoms with Gasteiger partial charge < -0.3 is 15.2 Å². The summed E-state index contributed by atoms with van der Waals surface area (Å²) in [6.45, 7) is 5.04. The summed E-state index contributed by atoms with van der Waals surface area (Å²) in [5.74, 6) is 1.63. The number of aromatic nitrogens is 4. The molecule has 1 aromatic carbocycles. The Morgan fingerprint density at radius 3 is 2.46 bits per heavy atom. The first-order valence-electron chi connectivity index (χ1n) is 8.50. The standard InChI is InChI=1S/C18H22ClN7O.HI/c1-11-15(12(2)26(4)24-11)9-21-18(20-3)22-10-16-23-17(25-27-16)13-5-7-14(19)8-6-13;/h5-8H,9-10H2,1-4H3,(H2,20,21,22);1H. The summed E-state index contributed by atoms with van der Waals surface area (Å²) in [6, 6.07) is 7.28. The predicted octanol–water partition coefficient (Wildman–Crippen LogP) is 3.22. The SMILES string of the molecule is CN=C(NCc1nc(-c2ccc(Cl)cc2)no1)NCc1c(C)nn(C)c1C.I. The third kappa shape index (κ3) is 5.22. The quantitative estimate of drug-likeness (QED) is 0.308. The summed E-state index contributed by atoms with van der Waals surface area (Å²) in [7, 11) is 3.65. The number of hydrogen-bond donors (Lipinski definition) is 2. The van der Waals surface area contributed by atoms with Gasteiger partial charge in [-0.05, 0) is 38.1 Å². The highest BCUT2D eigenvalue weighted by Crippen LogP contribution is 2.18. The van der Waals surface area contributed by atoms with E-state index in [2.05, 4.69) is 30.9 Å². The van der Waals surface area contributed by atoms with E-state index in [1.807, 2.05) is 37.7 Å². The molecule has 0 fully saturated rings. The second kappa shape index (κ2) is 9.87. The van der Waals surface area contributed by atoms with Crippen LogP contribution in [0.5, 0.6) is 0 Å². The first-order chi connectivity index (χ1) is 13.0. The summed E-state index contributed by atoms with van der Waals surface area (Å²) in [5.41, 5.74) is 4.13. The molecule has 0 aliphatic carbocycles. The summed E-state index contributed by atoms with van der Waals surface area (Å²) in [5, 5.41) is 15.5. The lowest BCUT2D eigenvalue weighted by Crippen LogP contribution is -2.36. The fourth-order valence-corrected chi connectivity index (χ4v) is 2.79. The van der Waals surface area contributed by atoms with Gasteiger partial charge in [0.25, 0.3) is 0 Å². The van der Waals surface area contributed by atoms with Crippen molar-refractivity contribution in [2.45, 2.75) is 26.9 Å². The first-order valence-corrected chi connectivity index (χ1v) is 8.88. The minimum Gasteiger partial charge on any atom is -0.352 e. The molecule has 0 saturated heterocycles. The van der Waals surface area contributed by atoms with Crippen molar-refractivity contribution in [3.8, 4) is 11.4 Å². The van der Waals surface area contributed by atoms with Crippen LogP contribution in [0.15, 0.2) is 33.8 Å². The fourth-order valence-electron chi connectivity index (χ4n) is 2.67. The van der Waals surface area contributed by atoms with Gasteiger partial charge in [0.1, 0.15) is 0 Å². The number of benzene rings is 1. The first kappa shape index (κ1) is 22.2. The van der Waals surface area contributed by atoms with Gasteiger partial charge in [-0.2, -0.15) is 10.1 Å². The monoisotopic (exact) mass is 515 g/mol. The van der Waals surface area contributed by atoms with E-state index in [0.29, 0.717) is 35.8 Å². The molecule has 150 valence electrons. The summed E-state index contributed by atoms with van der Waals surface area (Å²) in [6.07, 6.45) is 0. The van der Waals surface area contributed by atoms with Crippen LogP contribution in [0.4, 0.5) is 0 Å². The number of rotatable bonds is 5. The second-order valence-electron chi connectivity index (χ2n) is 6.07. The van der Waals surface area contributed by atoms with Crippen molar-refractivity contribution in [2.75, 3.05) is 7.05 Å². The minimum absolute atomic E-state index is 0. The zero-order valence-electron chi connectivity index (χ0n) is 16.2. The van der Waals surface area contributed by atoms with E-state index in [1.165, 1.54) is 0 Å². The predicted molar refractivity (Wildman–Crippen MR) is 120 cm³/mol. The van der Waals surface area contributed by atoms with Crippen LogP contribution in [0.3, 0.4) is 0 Å². The number of halogens is 2. The largest absolute Gasteiger partial charge is 0.352 e. The van der Waals surface area contributed by atoms with Gasteiger partial charge >= 0.3 is 0 Å². The van der Waals surface area contributed by atoms with Crippen LogP contribution in [0.25, 0.3) is 11.4 Å². The Morgan fingerprint density at radius 1 is 1.18 bits per heavy atom. The molecule has 0 saturated carbocycles. The summed E-state index contributed by atoms with van der Waals surface area (Å²) in [4.78, 5) is 8.61. The van der Waals surface area contributed by atoms with Crippen LogP contribution in [-0.4, -0.2) is 32.9 Å². The lowest BCUT2D eigenvalue weighted by atomic mass is 10.2. The van der Waals surface area contributed by atoms with Crippen molar-refractivity contribution < 1.29 is 4.52 Å². The molecule has 0 spiro atoms. The van der Waals surface area contributed by atoms with Crippen molar-refractivity contribution in [1.29, 1.82) is 0 Å². The van der Waals surface area contributed by atoms with Crippen LogP contribution >= 0.6 is 35.6 Å². The van der Waals surface area contributed by atoms with Crippen LogP contribution in [-0.2, 0) is 20.1 Å². The lowest BCUT2D eigenvalue weighted by Gasteiger charge is -2.10. The normalized spacial score (nSPS) is 11.2. The molecule has 0 amide bonds. The third-order valence-corrected chi connectivity index (χ3v) is 4.54. The average molecular weight is 516 g/mol. The molecule has 0 radical (unpaired) electrons. The summed E-state index contributed by atoms with van der Waals surface area (Å²) < 4.78 is 7.17. The lowest BCUT2D eigenvalue weighted by molar-refractivity contribution is 0.375. The Morgan fingerprint density at radius 2 is 1.86 bits per heavy atom. The maximum atomic E-state index is 5.90. The van der Waals surface area contributed by atoms with E-state index >= 15 is 0 Å². The maximum absolute atomic E-state index is 5.90. The Hall–Kier alpha value is -2.14. The smallest absolute Gasteiger partial charge is 0.246 e. The molecule has 2 N–H and O–H groups in total. The molecule has 28 heavy (non-hydrogen) atoms. The number of aliphatic imine (C=N–C) groups is 1. The van der Waals surface area contributed by atoms with Gasteiger partial charge in [-0.15, -0.1) is 24.0 Å². The summed E-state index contributed by atoms with van der Waals surface area (Å²) >= 11 is 5.90. The van der Waals surface area contributed by atoms with Crippen LogP contribution < -0.4 is 10.6 Å². The van der Waals surface area contributed by atoms with Crippen molar-refractivity contribution >= 4 is 41.5 Å². The van der Waals surface area contributed by atoms with E-state index in [-0.39, 0.29) is 24.0 Å². The highest BCUT2D eigenvalue weighted by molar-refractivity contribution is 14.0. The van der Waals surface area contributed by atoms with Gasteiger partial charge in [-0.3, -0.25) is 9.67 Å². The van der Waals surface area contributed by atoms with Crippen LogP contribution in [0.2, 0.25) is 5.02 Å². The zero-order valence-corrected chi connectivity index (χ0v) is 19.2. The number of hydrogen-bond acceptors (Lipinski definition) is 5. The van der Waals surface area contributed by atoms with Crippen molar-refractivity contribution in [3.63, 3.8) is 0 Å². The molecule has 0 atom stereocenters. The number of nitrogens with one attached hydrogen (secondary N) is 2. The molecule has 0 unspecified atom stereocenters. The molecular formula is C18H23ClIN7O. The zero-order chi connectivity index (χ0) is 19.4. The molecule has 0 aliphatic heterocycles. The van der Waals surface area contributed by atoms with Gasteiger partial charge in [-0.25, -0.2) is 0 Å². The minimum atomic E-state index is 0. The number of nitrogens with zero attached hydrogens (tertiary/aromatic N) is 5. The molecule has 0 bridgehead atoms. The van der Waals surface area contributed by atoms with Gasteiger partial charge in [0, 0.05) is 42.5 Å². The van der Waals surface area contributed by atoms with E-state index < -0.39 is 0 Å². The van der Waals surface area contributed by atoms with Crippen molar-refractivity contribution in [2.24, 2.45) is 12.0 Å². The number of guanidine groups is 1. The van der Waals surface area contributed by atoms with E-state index in [1.54, 1.807) is 19.2 Å². The highest BCUT2D eigenvalue weighted by Gasteiger charge is 2.11. The molecule has 10 heteroatoms. The van der Waals surface area contributed by atoms with Crippen LogP contribution in [0.1, 0.15) is 22.8 Å². The Kier molecular flexibility index (Phi) is 7.81. The molecule has 2 aromatic heterocycles. The van der Waals surface area contributed by atoms with Crippen molar-refractivity contribution in [3.05, 3.63) is 52.1 Å². The highest BCUT2D eigenvalue weighted by atomic mass is 127. The molecular weight excluding hydrogens is 493 g/mol. The maximum Gasteiger partial charge on any atom is 0.246 e. The average Bonchev–Trinajstić information content (AvgIpc) is 3.22. The van der Waals surface area contributed by atoms with Gasteiger partial charge in [0.15, 0.2) is 5.96 Å². The molecule has 8 nitrogen and oxygen atoms in total. The second-order valence-corrected chi connectivity index (χ2v) is 6.51. The molecule has 2 heterocycles. The molecule has 0 aliphatic rings. The van der Waals surface area contributed by atoms with Gasteiger partial charge in [0.05, 0.1) is 12.2 Å². The number of aryl methyl sites for hydroxylation is 2. The van der Waals surface area contributed by atoms with Gasteiger partial charge in [0.2, 0.25) is 11.7 Å². The van der Waals surface area contributed by atoms with E-state index in [9.17, 15) is 0 Å². The Bertz CT molecular complexity index is 950. The van der Waals surface area contributed by atoms with E-state index in [0.717, 1.165) is 22.5 Å². The van der Waals surface area contributed by atoms with Crippen LogP contribution in [0, 0.1) is 13.8 Å². The fraction of sp³-hybridized carbons (Fsp3) is 0.333. The topological polar surface area (TPSA) is 93.2 Å². The Labute approximate surface area is 185 Å². The molecule has 3 aromatic rings. The van der Waals surface area contributed by atoms with E-state index in [4.69, 9.17) is 16.1 Å². The van der Waals surface area contributed by atoms with Gasteiger partial charge in [-0.1, -0.05) is 16.8 Å². The molecule has 3 rings (SSSR count).